The van der Waals surface area contributed by atoms with E-state index in [4.69, 9.17) is 0 Å². The van der Waals surface area contributed by atoms with Gasteiger partial charge in [0.15, 0.2) is 5.78 Å². The third-order valence-electron chi connectivity index (χ3n) is 4.78. The number of hydrogen-bond donors (Lipinski definition) is 0. The number of rotatable bonds is 5. The summed E-state index contributed by atoms with van der Waals surface area (Å²) in [7, 11) is 3.97. The Balaban J connectivity index is 2.01. The molecule has 0 aliphatic heterocycles. The number of fused-ring (bicyclic) bond motifs is 1. The van der Waals surface area contributed by atoms with E-state index in [1.54, 1.807) is 12.5 Å². The first-order valence-corrected chi connectivity index (χ1v) is 9.36. The molecule has 0 N–H and O–H groups in total. The van der Waals surface area contributed by atoms with E-state index in [0.29, 0.717) is 6.42 Å². The van der Waals surface area contributed by atoms with Crippen molar-refractivity contribution in [2.75, 3.05) is 11.9 Å². The lowest BCUT2D eigenvalue weighted by molar-refractivity contribution is 0.0940. The van der Waals surface area contributed by atoms with E-state index in [1.165, 1.54) is 5.56 Å². The molecule has 142 valence electrons. The van der Waals surface area contributed by atoms with Crippen LogP contribution in [-0.4, -0.2) is 27.4 Å². The topological polar surface area (TPSA) is 51.0 Å². The second kappa shape index (κ2) is 7.14. The molecule has 0 unspecified atom stereocenters. The van der Waals surface area contributed by atoms with Gasteiger partial charge in [0.2, 0.25) is 0 Å². The van der Waals surface area contributed by atoms with E-state index < -0.39 is 0 Å². The summed E-state index contributed by atoms with van der Waals surface area (Å²) in [5, 5.41) is 0. The van der Waals surface area contributed by atoms with Crippen LogP contribution in [0.5, 0.6) is 0 Å². The smallest absolute Gasteiger partial charge is 0.163 e. The standard InChI is InChI=1S/C22H28N4O/c1-7-15-8-9-16(20(27)12-22(2,3)4)10-18(15)26(6)21-11-19-17(13-23-21)24-14-25(19)5/h8-11,13-14H,7,12H2,1-6H3. The molecule has 0 bridgehead atoms. The van der Waals surface area contributed by atoms with Crippen LogP contribution in [0.2, 0.25) is 0 Å². The average Bonchev–Trinajstić information content (AvgIpc) is 2.99. The van der Waals surface area contributed by atoms with Crippen LogP contribution in [-0.2, 0) is 13.5 Å². The van der Waals surface area contributed by atoms with Gasteiger partial charge in [-0.15, -0.1) is 0 Å². The van der Waals surface area contributed by atoms with E-state index in [-0.39, 0.29) is 11.2 Å². The minimum atomic E-state index is -0.0291. The highest BCUT2D eigenvalue weighted by Crippen LogP contribution is 2.30. The van der Waals surface area contributed by atoms with Crippen LogP contribution in [0.4, 0.5) is 11.5 Å². The largest absolute Gasteiger partial charge is 0.334 e. The second-order valence-electron chi connectivity index (χ2n) is 8.30. The Kier molecular flexibility index (Phi) is 5.05. The summed E-state index contributed by atoms with van der Waals surface area (Å²) in [6, 6.07) is 8.04. The number of ketones is 1. The van der Waals surface area contributed by atoms with Crippen LogP contribution in [0.25, 0.3) is 11.0 Å². The number of aromatic nitrogens is 3. The number of pyridine rings is 1. The molecular weight excluding hydrogens is 336 g/mol. The highest BCUT2D eigenvalue weighted by atomic mass is 16.1. The van der Waals surface area contributed by atoms with Gasteiger partial charge in [-0.1, -0.05) is 39.8 Å². The van der Waals surface area contributed by atoms with Gasteiger partial charge in [0.25, 0.3) is 0 Å². The monoisotopic (exact) mass is 364 g/mol. The molecule has 0 fully saturated rings. The maximum absolute atomic E-state index is 12.7. The Morgan fingerprint density at radius 3 is 2.59 bits per heavy atom. The zero-order valence-corrected chi connectivity index (χ0v) is 17.1. The van der Waals surface area contributed by atoms with Gasteiger partial charge in [0.1, 0.15) is 11.3 Å². The summed E-state index contributed by atoms with van der Waals surface area (Å²) in [4.78, 5) is 23.7. The van der Waals surface area contributed by atoms with Crippen molar-refractivity contribution in [3.05, 3.63) is 47.9 Å². The quantitative estimate of drug-likeness (QED) is 0.603. The van der Waals surface area contributed by atoms with Gasteiger partial charge in [-0.3, -0.25) is 4.79 Å². The van der Waals surface area contributed by atoms with Crippen molar-refractivity contribution in [3.8, 4) is 0 Å². The van der Waals surface area contributed by atoms with Crippen LogP contribution in [0.15, 0.2) is 36.8 Å². The average molecular weight is 364 g/mol. The first-order valence-electron chi connectivity index (χ1n) is 9.36. The molecule has 2 aromatic heterocycles. The Bertz CT molecular complexity index is 982. The molecule has 0 atom stereocenters. The molecule has 0 radical (unpaired) electrons. The molecule has 3 aromatic rings. The fourth-order valence-corrected chi connectivity index (χ4v) is 3.26. The van der Waals surface area contributed by atoms with Crippen molar-refractivity contribution in [3.63, 3.8) is 0 Å². The zero-order chi connectivity index (χ0) is 19.8. The van der Waals surface area contributed by atoms with Gasteiger partial charge in [0.05, 0.1) is 18.0 Å². The molecular formula is C22H28N4O. The van der Waals surface area contributed by atoms with E-state index in [2.05, 4.69) is 48.6 Å². The third kappa shape index (κ3) is 4.02. The summed E-state index contributed by atoms with van der Waals surface area (Å²) in [6.45, 7) is 8.39. The minimum Gasteiger partial charge on any atom is -0.334 e. The van der Waals surface area contributed by atoms with Gasteiger partial charge in [0, 0.05) is 37.8 Å². The predicted molar refractivity (Wildman–Crippen MR) is 111 cm³/mol. The molecule has 5 nitrogen and oxygen atoms in total. The lowest BCUT2D eigenvalue weighted by Gasteiger charge is -2.23. The lowest BCUT2D eigenvalue weighted by atomic mass is 9.87. The maximum Gasteiger partial charge on any atom is 0.163 e. The number of imidazole rings is 1. The molecule has 0 saturated carbocycles. The van der Waals surface area contributed by atoms with Crippen LogP contribution in [0, 0.1) is 5.41 Å². The molecule has 27 heavy (non-hydrogen) atoms. The molecule has 0 saturated heterocycles. The van der Waals surface area contributed by atoms with Crippen LogP contribution in [0.3, 0.4) is 0 Å². The lowest BCUT2D eigenvalue weighted by Crippen LogP contribution is -2.16. The molecule has 1 aromatic carbocycles. The summed E-state index contributed by atoms with van der Waals surface area (Å²) in [5.74, 6) is 1.01. The fraction of sp³-hybridized carbons (Fsp3) is 0.409. The Morgan fingerprint density at radius 1 is 1.19 bits per heavy atom. The van der Waals surface area contributed by atoms with Crippen LogP contribution in [0.1, 0.15) is 50.0 Å². The molecule has 2 heterocycles. The third-order valence-corrected chi connectivity index (χ3v) is 4.78. The van der Waals surface area contributed by atoms with Gasteiger partial charge in [-0.25, -0.2) is 9.97 Å². The van der Waals surface area contributed by atoms with E-state index in [0.717, 1.165) is 34.5 Å². The number of anilines is 2. The van der Waals surface area contributed by atoms with Gasteiger partial charge < -0.3 is 9.47 Å². The Hall–Kier alpha value is -2.69. The fourth-order valence-electron chi connectivity index (χ4n) is 3.26. The van der Waals surface area contributed by atoms with Crippen molar-refractivity contribution in [2.24, 2.45) is 12.5 Å². The zero-order valence-electron chi connectivity index (χ0n) is 17.1. The molecule has 0 aliphatic rings. The molecule has 5 heteroatoms. The predicted octanol–water partition coefficient (Wildman–Crippen LogP) is 4.92. The summed E-state index contributed by atoms with van der Waals surface area (Å²) in [5.41, 5.74) is 4.84. The van der Waals surface area contributed by atoms with E-state index in [1.807, 2.05) is 36.9 Å². The number of carbonyl (C=O) groups excluding carboxylic acids is 1. The van der Waals surface area contributed by atoms with Crippen molar-refractivity contribution < 1.29 is 4.79 Å². The van der Waals surface area contributed by atoms with Crippen molar-refractivity contribution in [1.82, 2.24) is 14.5 Å². The first-order chi connectivity index (χ1) is 12.7. The Morgan fingerprint density at radius 2 is 1.93 bits per heavy atom. The van der Waals surface area contributed by atoms with Crippen molar-refractivity contribution in [2.45, 2.75) is 40.5 Å². The van der Waals surface area contributed by atoms with Crippen LogP contribution < -0.4 is 4.90 Å². The van der Waals surface area contributed by atoms with Crippen LogP contribution >= 0.6 is 0 Å². The van der Waals surface area contributed by atoms with Crippen molar-refractivity contribution in [1.29, 1.82) is 0 Å². The number of benzene rings is 1. The number of hydrogen-bond acceptors (Lipinski definition) is 4. The molecule has 0 spiro atoms. The maximum atomic E-state index is 12.7. The van der Waals surface area contributed by atoms with Gasteiger partial charge >= 0.3 is 0 Å². The number of carbonyl (C=O) groups is 1. The van der Waals surface area contributed by atoms with E-state index in [9.17, 15) is 4.79 Å². The van der Waals surface area contributed by atoms with Crippen molar-refractivity contribution >= 4 is 28.3 Å². The van der Waals surface area contributed by atoms with Gasteiger partial charge in [-0.2, -0.15) is 0 Å². The molecule has 0 aliphatic carbocycles. The number of Topliss-reactive ketones (excluding diaryl/α,β-unsaturated/α-hetero) is 1. The second-order valence-corrected chi connectivity index (χ2v) is 8.30. The Labute approximate surface area is 161 Å². The number of nitrogens with zero attached hydrogens (tertiary/aromatic N) is 4. The summed E-state index contributed by atoms with van der Waals surface area (Å²) in [6.07, 6.45) is 5.00. The summed E-state index contributed by atoms with van der Waals surface area (Å²) >= 11 is 0. The molecule has 0 amide bonds. The summed E-state index contributed by atoms with van der Waals surface area (Å²) < 4.78 is 1.98. The highest BCUT2D eigenvalue weighted by Gasteiger charge is 2.19. The minimum absolute atomic E-state index is 0.0291. The SMILES string of the molecule is CCc1ccc(C(=O)CC(C)(C)C)cc1N(C)c1cc2c(cn1)ncn2C. The highest BCUT2D eigenvalue weighted by molar-refractivity contribution is 5.97. The first kappa shape index (κ1) is 19.1. The van der Waals surface area contributed by atoms with Gasteiger partial charge in [-0.05, 0) is 23.5 Å². The molecule has 3 rings (SSSR count). The van der Waals surface area contributed by atoms with E-state index >= 15 is 0 Å². The normalized spacial score (nSPS) is 11.8. The number of aryl methyl sites for hydroxylation is 2.